The van der Waals surface area contributed by atoms with Crippen molar-refractivity contribution < 1.29 is 9.53 Å². The van der Waals surface area contributed by atoms with Crippen molar-refractivity contribution in [3.63, 3.8) is 0 Å². The van der Waals surface area contributed by atoms with Crippen LogP contribution in [0.5, 0.6) is 0 Å². The van der Waals surface area contributed by atoms with Gasteiger partial charge in [-0.05, 0) is 23.0 Å². The van der Waals surface area contributed by atoms with E-state index in [2.05, 4.69) is 28.1 Å². The van der Waals surface area contributed by atoms with Crippen molar-refractivity contribution in [1.82, 2.24) is 4.98 Å². The minimum Gasteiger partial charge on any atom is -0.370 e. The van der Waals surface area contributed by atoms with Crippen LogP contribution in [0, 0.1) is 0 Å². The molecule has 1 aromatic carbocycles. The van der Waals surface area contributed by atoms with Gasteiger partial charge >= 0.3 is 0 Å². The predicted molar refractivity (Wildman–Crippen MR) is 92.5 cm³/mol. The first-order chi connectivity index (χ1) is 11.2. The summed E-state index contributed by atoms with van der Waals surface area (Å²) < 4.78 is 6.08. The third-order valence-corrected chi connectivity index (χ3v) is 5.85. The standard InChI is InChI=1S/C16H15N3O2S2/c17-14(20)12-9-23-16(18-12)19-6-8-22-15(19)13-11-4-2-1-3-10(11)5-7-21-13/h1-4,6,8-9,13,15H,5,7H2,(H2,17,20). The average Bonchev–Trinajstić information content (AvgIpc) is 3.23. The Morgan fingerprint density at radius 2 is 2.26 bits per heavy atom. The van der Waals surface area contributed by atoms with Crippen molar-refractivity contribution in [2.24, 2.45) is 5.73 Å². The number of carbonyl (C=O) groups is 1. The van der Waals surface area contributed by atoms with Crippen LogP contribution in [0.2, 0.25) is 0 Å². The maximum Gasteiger partial charge on any atom is 0.268 e. The molecule has 2 aliphatic heterocycles. The molecule has 23 heavy (non-hydrogen) atoms. The van der Waals surface area contributed by atoms with Crippen molar-refractivity contribution in [1.29, 1.82) is 0 Å². The molecular weight excluding hydrogens is 330 g/mol. The number of aromatic nitrogens is 1. The average molecular weight is 345 g/mol. The van der Waals surface area contributed by atoms with Gasteiger partial charge in [0.1, 0.15) is 17.2 Å². The van der Waals surface area contributed by atoms with Crippen LogP contribution in [-0.2, 0) is 11.2 Å². The summed E-state index contributed by atoms with van der Waals surface area (Å²) >= 11 is 3.12. The van der Waals surface area contributed by atoms with Crippen molar-refractivity contribution >= 4 is 34.1 Å². The Morgan fingerprint density at radius 1 is 1.39 bits per heavy atom. The highest BCUT2D eigenvalue weighted by Gasteiger charge is 2.36. The molecule has 3 heterocycles. The smallest absolute Gasteiger partial charge is 0.268 e. The van der Waals surface area contributed by atoms with E-state index < -0.39 is 5.91 Å². The first-order valence-electron chi connectivity index (χ1n) is 7.29. The lowest BCUT2D eigenvalue weighted by Crippen LogP contribution is -2.34. The zero-order valence-electron chi connectivity index (χ0n) is 12.2. The minimum absolute atomic E-state index is 0.0270. The van der Waals surface area contributed by atoms with Gasteiger partial charge in [-0.2, -0.15) is 0 Å². The van der Waals surface area contributed by atoms with E-state index in [0.29, 0.717) is 5.69 Å². The molecule has 118 valence electrons. The Hall–Kier alpha value is -1.83. The highest BCUT2D eigenvalue weighted by molar-refractivity contribution is 8.03. The normalized spacial score (nSPS) is 23.0. The summed E-state index contributed by atoms with van der Waals surface area (Å²) in [4.78, 5) is 17.7. The van der Waals surface area contributed by atoms with E-state index in [1.54, 1.807) is 17.1 Å². The summed E-state index contributed by atoms with van der Waals surface area (Å²) in [5.74, 6) is -0.501. The SMILES string of the molecule is NC(=O)c1csc(N2C=CSC2C2OCCc3ccccc32)n1. The monoisotopic (exact) mass is 345 g/mol. The lowest BCUT2D eigenvalue weighted by Gasteiger charge is -2.34. The molecule has 4 rings (SSSR count). The topological polar surface area (TPSA) is 68.5 Å². The van der Waals surface area contributed by atoms with Gasteiger partial charge in [0.05, 0.1) is 6.61 Å². The van der Waals surface area contributed by atoms with Crippen molar-refractivity contribution in [3.05, 3.63) is 58.1 Å². The molecule has 2 aromatic rings. The molecular formula is C16H15N3O2S2. The number of hydrogen-bond acceptors (Lipinski definition) is 6. The van der Waals surface area contributed by atoms with Gasteiger partial charge in [0.15, 0.2) is 5.13 Å². The van der Waals surface area contributed by atoms with Crippen molar-refractivity contribution in [3.8, 4) is 0 Å². The molecule has 2 N–H and O–H groups in total. The number of ether oxygens (including phenoxy) is 1. The zero-order chi connectivity index (χ0) is 15.8. The van der Waals surface area contributed by atoms with Gasteiger partial charge in [-0.3, -0.25) is 4.79 Å². The van der Waals surface area contributed by atoms with Gasteiger partial charge in [0, 0.05) is 11.6 Å². The fourth-order valence-corrected chi connectivity index (χ4v) is 4.81. The summed E-state index contributed by atoms with van der Waals surface area (Å²) in [5, 5.41) is 4.57. The number of carbonyl (C=O) groups excluding carboxylic acids is 1. The molecule has 1 amide bonds. The number of anilines is 1. The van der Waals surface area contributed by atoms with E-state index in [4.69, 9.17) is 10.5 Å². The van der Waals surface area contributed by atoms with Crippen molar-refractivity contribution in [2.45, 2.75) is 17.9 Å². The zero-order valence-corrected chi connectivity index (χ0v) is 13.8. The predicted octanol–water partition coefficient (Wildman–Crippen LogP) is 2.91. The van der Waals surface area contributed by atoms with Crippen LogP contribution in [-0.4, -0.2) is 22.9 Å². The second kappa shape index (κ2) is 5.99. The van der Waals surface area contributed by atoms with Gasteiger partial charge < -0.3 is 15.4 Å². The van der Waals surface area contributed by atoms with Crippen LogP contribution in [0.15, 0.2) is 41.3 Å². The number of amides is 1. The Balaban J connectivity index is 1.65. The maximum atomic E-state index is 11.3. The third-order valence-electron chi connectivity index (χ3n) is 3.97. The van der Waals surface area contributed by atoms with Crippen LogP contribution in [0.4, 0.5) is 5.13 Å². The summed E-state index contributed by atoms with van der Waals surface area (Å²) in [6.45, 7) is 0.719. The maximum absolute atomic E-state index is 11.3. The molecule has 0 aliphatic carbocycles. The minimum atomic E-state index is -0.501. The molecule has 0 fully saturated rings. The summed E-state index contributed by atoms with van der Waals surface area (Å²) in [6.07, 6.45) is 2.90. The van der Waals surface area contributed by atoms with Gasteiger partial charge in [0.25, 0.3) is 5.91 Å². The molecule has 1 aromatic heterocycles. The molecule has 2 unspecified atom stereocenters. The van der Waals surface area contributed by atoms with E-state index in [9.17, 15) is 4.79 Å². The summed E-state index contributed by atoms with van der Waals surface area (Å²) in [5.41, 5.74) is 8.18. The van der Waals surface area contributed by atoms with Gasteiger partial charge in [0.2, 0.25) is 0 Å². The van der Waals surface area contributed by atoms with Crippen LogP contribution in [0.3, 0.4) is 0 Å². The second-order valence-corrected chi connectivity index (χ2v) is 7.20. The number of nitrogens with zero attached hydrogens (tertiary/aromatic N) is 2. The van der Waals surface area contributed by atoms with Crippen LogP contribution >= 0.6 is 23.1 Å². The molecule has 0 radical (unpaired) electrons. The number of thioether (sulfide) groups is 1. The number of thiazole rings is 1. The molecule has 0 saturated carbocycles. The molecule has 7 heteroatoms. The highest BCUT2D eigenvalue weighted by Crippen LogP contribution is 2.43. The molecule has 2 atom stereocenters. The first kappa shape index (κ1) is 14.7. The fourth-order valence-electron chi connectivity index (χ4n) is 2.88. The first-order valence-corrected chi connectivity index (χ1v) is 9.11. The van der Waals surface area contributed by atoms with Crippen LogP contribution in [0.1, 0.15) is 27.7 Å². The van der Waals surface area contributed by atoms with Crippen LogP contribution < -0.4 is 10.6 Å². The number of primary amides is 1. The Morgan fingerprint density at radius 3 is 3.09 bits per heavy atom. The number of nitrogens with two attached hydrogens (primary N) is 1. The van der Waals surface area contributed by atoms with Crippen LogP contribution in [0.25, 0.3) is 0 Å². The lowest BCUT2D eigenvalue weighted by atomic mass is 9.97. The van der Waals surface area contributed by atoms with E-state index in [0.717, 1.165) is 18.2 Å². The molecule has 0 spiro atoms. The molecule has 5 nitrogen and oxygen atoms in total. The third kappa shape index (κ3) is 2.65. The van der Waals surface area contributed by atoms with E-state index in [-0.39, 0.29) is 11.5 Å². The summed E-state index contributed by atoms with van der Waals surface area (Å²) in [6, 6.07) is 8.41. The van der Waals surface area contributed by atoms with E-state index >= 15 is 0 Å². The molecule has 0 saturated heterocycles. The highest BCUT2D eigenvalue weighted by atomic mass is 32.2. The second-order valence-electron chi connectivity index (χ2n) is 5.34. The Kier molecular flexibility index (Phi) is 3.84. The number of fused-ring (bicyclic) bond motifs is 1. The van der Waals surface area contributed by atoms with Gasteiger partial charge in [-0.25, -0.2) is 4.98 Å². The largest absolute Gasteiger partial charge is 0.370 e. The fraction of sp³-hybridized carbons (Fsp3) is 0.250. The number of rotatable bonds is 3. The van der Waals surface area contributed by atoms with Gasteiger partial charge in [-0.15, -0.1) is 23.1 Å². The number of benzene rings is 1. The van der Waals surface area contributed by atoms with Gasteiger partial charge in [-0.1, -0.05) is 24.3 Å². The molecule has 2 aliphatic rings. The van der Waals surface area contributed by atoms with Crippen molar-refractivity contribution in [2.75, 3.05) is 11.5 Å². The Labute approximate surface area is 142 Å². The van der Waals surface area contributed by atoms with E-state index in [1.165, 1.54) is 22.5 Å². The van der Waals surface area contributed by atoms with E-state index in [1.807, 2.05) is 17.7 Å². The number of hydrogen-bond donors (Lipinski definition) is 1. The lowest BCUT2D eigenvalue weighted by molar-refractivity contribution is 0.0421. The summed E-state index contributed by atoms with van der Waals surface area (Å²) in [7, 11) is 0. The Bertz CT molecular complexity index is 774. The molecule has 0 bridgehead atoms. The quantitative estimate of drug-likeness (QED) is 0.926.